The zero-order valence-electron chi connectivity index (χ0n) is 7.77. The fourth-order valence-electron chi connectivity index (χ4n) is 1.46. The van der Waals surface area contributed by atoms with Crippen molar-refractivity contribution in [2.24, 2.45) is 0 Å². The Morgan fingerprint density at radius 2 is 2.13 bits per heavy atom. The summed E-state index contributed by atoms with van der Waals surface area (Å²) >= 11 is 0.374. The van der Waals surface area contributed by atoms with E-state index in [1.807, 2.05) is 24.3 Å². The van der Waals surface area contributed by atoms with Crippen molar-refractivity contribution >= 4 is 29.7 Å². The van der Waals surface area contributed by atoms with E-state index in [1.165, 1.54) is 10.3 Å². The maximum atomic E-state index is 8.95. The Morgan fingerprint density at radius 1 is 1.27 bits per heavy atom. The van der Waals surface area contributed by atoms with Gasteiger partial charge < -0.3 is 0 Å². The van der Waals surface area contributed by atoms with Crippen LogP contribution in [0.15, 0.2) is 35.3 Å². The molecule has 0 unspecified atom stereocenters. The number of nitrogens with zero attached hydrogens (tertiary/aromatic N) is 2. The Kier molecular flexibility index (Phi) is 2.70. The van der Waals surface area contributed by atoms with Crippen LogP contribution in [-0.2, 0) is 0 Å². The molecule has 0 atom stereocenters. The van der Waals surface area contributed by atoms with Gasteiger partial charge in [0, 0.05) is 0 Å². The fraction of sp³-hybridized carbons (Fsp3) is 0. The second-order valence-electron chi connectivity index (χ2n) is 2.94. The van der Waals surface area contributed by atoms with Crippen LogP contribution in [0.1, 0.15) is 5.56 Å². The van der Waals surface area contributed by atoms with E-state index in [1.54, 1.807) is 0 Å². The van der Waals surface area contributed by atoms with Crippen LogP contribution in [0.5, 0.6) is 0 Å². The number of benzene rings is 1. The molecule has 70 valence electrons. The van der Waals surface area contributed by atoms with Gasteiger partial charge in [-0.1, -0.05) is 0 Å². The van der Waals surface area contributed by atoms with Crippen LogP contribution in [0, 0.1) is 22.7 Å². The van der Waals surface area contributed by atoms with E-state index >= 15 is 0 Å². The zero-order chi connectivity index (χ0) is 10.7. The number of fused-ring (bicyclic) bond motifs is 1. The van der Waals surface area contributed by atoms with Crippen molar-refractivity contribution in [1.29, 1.82) is 10.5 Å². The van der Waals surface area contributed by atoms with E-state index in [-0.39, 0.29) is 0 Å². The van der Waals surface area contributed by atoms with Gasteiger partial charge >= 0.3 is 93.2 Å². The van der Waals surface area contributed by atoms with Gasteiger partial charge in [0.05, 0.1) is 0 Å². The molecule has 0 aliphatic rings. The first-order valence-corrected chi connectivity index (χ1v) is 6.18. The van der Waals surface area contributed by atoms with Crippen molar-refractivity contribution in [1.82, 2.24) is 0 Å². The Labute approximate surface area is 93.4 Å². The molecule has 0 N–H and O–H groups in total. The summed E-state index contributed by atoms with van der Waals surface area (Å²) < 4.78 is 1.28. The van der Waals surface area contributed by atoms with E-state index in [9.17, 15) is 0 Å². The summed E-state index contributed by atoms with van der Waals surface area (Å²) in [4.78, 5) is 2.13. The van der Waals surface area contributed by atoms with E-state index < -0.39 is 0 Å². The van der Waals surface area contributed by atoms with Crippen LogP contribution in [-0.4, -0.2) is 14.5 Å². The van der Waals surface area contributed by atoms with Crippen molar-refractivity contribution < 1.29 is 0 Å². The van der Waals surface area contributed by atoms with Gasteiger partial charge in [-0.2, -0.15) is 0 Å². The fourth-order valence-corrected chi connectivity index (χ4v) is 3.17. The minimum absolute atomic E-state index is 0.374. The predicted molar refractivity (Wildman–Crippen MR) is 60.1 cm³/mol. The normalized spacial score (nSPS) is 10.9. The molecule has 1 heterocycles. The molecule has 0 aliphatic heterocycles. The van der Waals surface area contributed by atoms with E-state index in [0.29, 0.717) is 20.1 Å². The Hall–Kier alpha value is -1.80. The van der Waals surface area contributed by atoms with E-state index in [4.69, 9.17) is 10.5 Å². The summed E-state index contributed by atoms with van der Waals surface area (Å²) in [6.45, 7) is 0. The number of allylic oxidation sites excluding steroid dienone is 2. The Bertz CT molecular complexity index is 608. The molecule has 0 spiro atoms. The van der Waals surface area contributed by atoms with Crippen LogP contribution in [0.2, 0.25) is 0 Å². The van der Waals surface area contributed by atoms with Crippen LogP contribution in [0.25, 0.3) is 15.2 Å². The molecular formula is C12H6N2Se. The molecule has 1 aromatic carbocycles. The second kappa shape index (κ2) is 4.15. The summed E-state index contributed by atoms with van der Waals surface area (Å²) in [6, 6.07) is 11.9. The standard InChI is InChI=1S/C12H6N2Se/c13-6-4-9(8-14)10-2-1-3-12-11(10)5-7-15-12/h1-5,7H/b9-4+. The van der Waals surface area contributed by atoms with Gasteiger partial charge in [0.25, 0.3) is 0 Å². The molecule has 0 fully saturated rings. The second-order valence-corrected chi connectivity index (χ2v) is 4.93. The van der Waals surface area contributed by atoms with Gasteiger partial charge in [-0.25, -0.2) is 0 Å². The molecule has 2 nitrogen and oxygen atoms in total. The van der Waals surface area contributed by atoms with Gasteiger partial charge in [0.1, 0.15) is 0 Å². The van der Waals surface area contributed by atoms with Gasteiger partial charge in [-0.15, -0.1) is 0 Å². The third-order valence-corrected chi connectivity index (χ3v) is 3.97. The van der Waals surface area contributed by atoms with Gasteiger partial charge in [-0.05, 0) is 0 Å². The molecule has 2 rings (SSSR count). The van der Waals surface area contributed by atoms with Crippen molar-refractivity contribution in [3.63, 3.8) is 0 Å². The quantitative estimate of drug-likeness (QED) is 0.581. The number of hydrogen-bond acceptors (Lipinski definition) is 2. The number of hydrogen-bond donors (Lipinski definition) is 0. The van der Waals surface area contributed by atoms with Gasteiger partial charge in [-0.3, -0.25) is 0 Å². The average molecular weight is 257 g/mol. The molecule has 15 heavy (non-hydrogen) atoms. The van der Waals surface area contributed by atoms with Crippen LogP contribution < -0.4 is 0 Å². The summed E-state index contributed by atoms with van der Waals surface area (Å²) in [5.41, 5.74) is 1.31. The van der Waals surface area contributed by atoms with Crippen LogP contribution >= 0.6 is 0 Å². The SMILES string of the molecule is N#C/C=C(\C#N)c1cccc2[se]ccc12. The summed E-state index contributed by atoms with van der Waals surface area (Å²) in [5.74, 6) is 0. The van der Waals surface area contributed by atoms with E-state index in [0.717, 1.165) is 10.9 Å². The monoisotopic (exact) mass is 258 g/mol. The maximum absolute atomic E-state index is 8.95. The number of rotatable bonds is 1. The predicted octanol–water partition coefficient (Wildman–Crippen LogP) is 2.33. The Morgan fingerprint density at radius 3 is 2.87 bits per heavy atom. The zero-order valence-corrected chi connectivity index (χ0v) is 9.48. The summed E-state index contributed by atoms with van der Waals surface area (Å²) in [7, 11) is 0. The third kappa shape index (κ3) is 1.72. The van der Waals surface area contributed by atoms with Crippen molar-refractivity contribution in [2.45, 2.75) is 0 Å². The third-order valence-electron chi connectivity index (χ3n) is 2.12. The van der Waals surface area contributed by atoms with Crippen LogP contribution in [0.3, 0.4) is 0 Å². The molecule has 1 aromatic heterocycles. The molecule has 2 aromatic rings. The van der Waals surface area contributed by atoms with Crippen LogP contribution in [0.4, 0.5) is 0 Å². The van der Waals surface area contributed by atoms with Crippen molar-refractivity contribution in [3.05, 3.63) is 40.8 Å². The molecular weight excluding hydrogens is 251 g/mol. The Balaban J connectivity index is 2.72. The molecule has 0 radical (unpaired) electrons. The first kappa shape index (κ1) is 9.74. The molecule has 3 heteroatoms. The molecule has 0 saturated heterocycles. The number of nitriles is 2. The molecule has 0 aliphatic carbocycles. The summed E-state index contributed by atoms with van der Waals surface area (Å²) in [6.07, 6.45) is 1.30. The minimum atomic E-state index is 0.374. The van der Waals surface area contributed by atoms with Gasteiger partial charge in [0.2, 0.25) is 0 Å². The first-order chi connectivity index (χ1) is 7.36. The van der Waals surface area contributed by atoms with Crippen molar-refractivity contribution in [2.75, 3.05) is 0 Å². The summed E-state index contributed by atoms with van der Waals surface area (Å²) in [5, 5.41) is 18.6. The van der Waals surface area contributed by atoms with E-state index in [2.05, 4.69) is 17.1 Å². The molecule has 0 bridgehead atoms. The molecule has 0 saturated carbocycles. The average Bonchev–Trinajstić information content (AvgIpc) is 2.73. The molecule has 0 amide bonds. The first-order valence-electron chi connectivity index (χ1n) is 4.33. The van der Waals surface area contributed by atoms with Gasteiger partial charge in [0.15, 0.2) is 0 Å². The van der Waals surface area contributed by atoms with Crippen molar-refractivity contribution in [3.8, 4) is 12.1 Å². The topological polar surface area (TPSA) is 47.6 Å².